The fourth-order valence-electron chi connectivity index (χ4n) is 2.76. The molecule has 1 amide bonds. The summed E-state index contributed by atoms with van der Waals surface area (Å²) in [5.41, 5.74) is -0.839. The first kappa shape index (κ1) is 8.53. The van der Waals surface area contributed by atoms with E-state index in [-0.39, 0.29) is 11.9 Å². The average Bonchev–Trinajstić information content (AvgIpc) is 2.03. The molecule has 2 saturated heterocycles. The number of carboxylic acids is 1. The Morgan fingerprint density at radius 1 is 1.54 bits per heavy atom. The molecular weight excluding hydrogens is 170 g/mol. The molecule has 0 aromatic carbocycles. The van der Waals surface area contributed by atoms with Gasteiger partial charge in [-0.05, 0) is 19.3 Å². The van der Waals surface area contributed by atoms with Crippen LogP contribution >= 0.6 is 0 Å². The molecule has 1 aliphatic carbocycles. The van der Waals surface area contributed by atoms with E-state index >= 15 is 0 Å². The van der Waals surface area contributed by atoms with E-state index < -0.39 is 11.5 Å². The van der Waals surface area contributed by atoms with Gasteiger partial charge in [0.15, 0.2) is 0 Å². The lowest BCUT2D eigenvalue weighted by Gasteiger charge is -2.59. The number of carboxylic acid groups (broad SMARTS) is 1. The van der Waals surface area contributed by atoms with Crippen LogP contribution in [0.1, 0.15) is 32.6 Å². The Morgan fingerprint density at radius 3 is 2.62 bits per heavy atom. The minimum atomic E-state index is -0.839. The Labute approximate surface area is 76.5 Å². The zero-order valence-corrected chi connectivity index (χ0v) is 7.62. The number of piperidine rings is 1. The van der Waals surface area contributed by atoms with Crippen molar-refractivity contribution in [1.82, 2.24) is 4.90 Å². The van der Waals surface area contributed by atoms with Crippen LogP contribution in [0.25, 0.3) is 0 Å². The van der Waals surface area contributed by atoms with Gasteiger partial charge in [0.25, 0.3) is 0 Å². The Hall–Kier alpha value is -1.06. The van der Waals surface area contributed by atoms with Crippen LogP contribution in [0.4, 0.5) is 0 Å². The van der Waals surface area contributed by atoms with Crippen molar-refractivity contribution >= 4 is 11.9 Å². The molecular formula is C9H13NO3. The zero-order valence-electron chi connectivity index (χ0n) is 7.62. The number of hydrogen-bond donors (Lipinski definition) is 1. The van der Waals surface area contributed by atoms with Crippen molar-refractivity contribution in [2.45, 2.75) is 44.2 Å². The molecule has 3 rings (SSSR count). The van der Waals surface area contributed by atoms with Crippen molar-refractivity contribution < 1.29 is 14.7 Å². The van der Waals surface area contributed by atoms with Gasteiger partial charge < -0.3 is 10.0 Å². The fraction of sp³-hybridized carbons (Fsp3) is 0.778. The number of nitrogens with zero attached hydrogens (tertiary/aromatic N) is 1. The highest BCUT2D eigenvalue weighted by Gasteiger charge is 2.60. The largest absolute Gasteiger partial charge is 0.479 e. The van der Waals surface area contributed by atoms with Crippen LogP contribution in [0, 0.1) is 0 Å². The van der Waals surface area contributed by atoms with Gasteiger partial charge in [0, 0.05) is 19.4 Å². The third-order valence-corrected chi connectivity index (χ3v) is 3.26. The minimum Gasteiger partial charge on any atom is -0.479 e. The summed E-state index contributed by atoms with van der Waals surface area (Å²) >= 11 is 0. The Bertz CT molecular complexity index is 272. The van der Waals surface area contributed by atoms with E-state index in [1.165, 1.54) is 6.92 Å². The van der Waals surface area contributed by atoms with Crippen LogP contribution in [-0.2, 0) is 9.59 Å². The van der Waals surface area contributed by atoms with Crippen molar-refractivity contribution in [2.75, 3.05) is 0 Å². The van der Waals surface area contributed by atoms with Crippen LogP contribution in [-0.4, -0.2) is 33.5 Å². The van der Waals surface area contributed by atoms with Gasteiger partial charge in [-0.15, -0.1) is 0 Å². The summed E-state index contributed by atoms with van der Waals surface area (Å²) in [7, 11) is 0. The summed E-state index contributed by atoms with van der Waals surface area (Å²) in [5, 5.41) is 9.06. The minimum absolute atomic E-state index is 0.0987. The van der Waals surface area contributed by atoms with Gasteiger partial charge in [0.05, 0.1) is 0 Å². The van der Waals surface area contributed by atoms with Crippen molar-refractivity contribution in [3.8, 4) is 0 Å². The van der Waals surface area contributed by atoms with Gasteiger partial charge in [-0.1, -0.05) is 0 Å². The molecule has 2 atom stereocenters. The summed E-state index contributed by atoms with van der Waals surface area (Å²) < 4.78 is 0. The maximum absolute atomic E-state index is 11.2. The molecule has 3 aliphatic rings. The van der Waals surface area contributed by atoms with Crippen molar-refractivity contribution in [2.24, 2.45) is 0 Å². The van der Waals surface area contributed by atoms with Gasteiger partial charge in [0.1, 0.15) is 5.54 Å². The van der Waals surface area contributed by atoms with Crippen LogP contribution in [0.3, 0.4) is 0 Å². The second-order valence-corrected chi connectivity index (χ2v) is 3.98. The Morgan fingerprint density at radius 2 is 2.23 bits per heavy atom. The Kier molecular flexibility index (Phi) is 1.62. The van der Waals surface area contributed by atoms with E-state index in [4.69, 9.17) is 5.11 Å². The van der Waals surface area contributed by atoms with Crippen LogP contribution in [0.15, 0.2) is 0 Å². The second kappa shape index (κ2) is 2.47. The van der Waals surface area contributed by atoms with Crippen LogP contribution in [0.2, 0.25) is 0 Å². The molecule has 0 radical (unpaired) electrons. The highest BCUT2D eigenvalue weighted by Crippen LogP contribution is 2.47. The van der Waals surface area contributed by atoms with Crippen LogP contribution < -0.4 is 0 Å². The standard InChI is InChI=1S/C9H13NO3/c1-6(11)10-7-3-2-4-9(10,5-7)8(12)13/h7H,2-5H2,1H3,(H,12,13). The normalized spacial score (nSPS) is 36.7. The van der Waals surface area contributed by atoms with E-state index in [0.717, 1.165) is 12.8 Å². The number of fused-ring (bicyclic) bond motifs is 2. The zero-order chi connectivity index (χ0) is 9.64. The second-order valence-electron chi connectivity index (χ2n) is 3.98. The number of carbonyl (C=O) groups is 2. The van der Waals surface area contributed by atoms with Gasteiger partial charge >= 0.3 is 5.97 Å². The molecule has 1 N–H and O–H groups in total. The number of carbonyl (C=O) groups excluding carboxylic acids is 1. The first-order valence-corrected chi connectivity index (χ1v) is 4.61. The molecule has 0 aromatic rings. The van der Waals surface area contributed by atoms with Crippen molar-refractivity contribution in [3.63, 3.8) is 0 Å². The summed E-state index contributed by atoms with van der Waals surface area (Å²) in [5.74, 6) is -0.933. The topological polar surface area (TPSA) is 57.6 Å². The monoisotopic (exact) mass is 183 g/mol. The summed E-state index contributed by atoms with van der Waals surface area (Å²) in [6.45, 7) is 1.45. The summed E-state index contributed by atoms with van der Waals surface area (Å²) in [4.78, 5) is 23.8. The molecule has 4 heteroatoms. The number of amides is 1. The van der Waals surface area contributed by atoms with Crippen molar-refractivity contribution in [3.05, 3.63) is 0 Å². The highest BCUT2D eigenvalue weighted by atomic mass is 16.4. The van der Waals surface area contributed by atoms with Crippen LogP contribution in [0.5, 0.6) is 0 Å². The lowest BCUT2D eigenvalue weighted by molar-refractivity contribution is -0.186. The van der Waals surface area contributed by atoms with Gasteiger partial charge in [0.2, 0.25) is 5.91 Å². The van der Waals surface area contributed by atoms with Gasteiger partial charge in [-0.2, -0.15) is 0 Å². The summed E-state index contributed by atoms with van der Waals surface area (Å²) in [6, 6.07) is 0.197. The molecule has 3 fully saturated rings. The maximum Gasteiger partial charge on any atom is 0.329 e. The molecule has 2 bridgehead atoms. The molecule has 2 heterocycles. The Balaban J connectivity index is 2.27. The molecule has 2 aliphatic heterocycles. The van der Waals surface area contributed by atoms with E-state index in [9.17, 15) is 9.59 Å². The number of hydrogen-bond acceptors (Lipinski definition) is 2. The van der Waals surface area contributed by atoms with E-state index in [1.54, 1.807) is 4.90 Å². The first-order chi connectivity index (χ1) is 6.08. The smallest absolute Gasteiger partial charge is 0.329 e. The predicted octanol–water partition coefficient (Wildman–Crippen LogP) is 0.615. The van der Waals surface area contributed by atoms with E-state index in [1.807, 2.05) is 0 Å². The number of aliphatic carboxylic acids is 1. The van der Waals surface area contributed by atoms with Gasteiger partial charge in [-0.3, -0.25) is 4.79 Å². The van der Waals surface area contributed by atoms with Gasteiger partial charge in [-0.25, -0.2) is 4.79 Å². The molecule has 1 saturated carbocycles. The average molecular weight is 183 g/mol. The fourth-order valence-corrected chi connectivity index (χ4v) is 2.76. The van der Waals surface area contributed by atoms with E-state index in [0.29, 0.717) is 12.8 Å². The maximum atomic E-state index is 11.2. The lowest BCUT2D eigenvalue weighted by Crippen LogP contribution is -2.73. The van der Waals surface area contributed by atoms with Crippen molar-refractivity contribution in [1.29, 1.82) is 0 Å². The molecule has 0 spiro atoms. The molecule has 0 aromatic heterocycles. The summed E-state index contributed by atoms with van der Waals surface area (Å²) in [6.07, 6.45) is 3.18. The molecule has 13 heavy (non-hydrogen) atoms. The SMILES string of the molecule is CC(=O)N1C2CCCC1(C(=O)O)C2. The first-order valence-electron chi connectivity index (χ1n) is 4.61. The third-order valence-electron chi connectivity index (χ3n) is 3.26. The number of rotatable bonds is 1. The molecule has 4 nitrogen and oxygen atoms in total. The third kappa shape index (κ3) is 0.913. The highest BCUT2D eigenvalue weighted by molar-refractivity contribution is 5.89. The molecule has 2 unspecified atom stereocenters. The van der Waals surface area contributed by atoms with E-state index in [2.05, 4.69) is 0 Å². The molecule has 72 valence electrons. The lowest BCUT2D eigenvalue weighted by atomic mass is 9.68. The predicted molar refractivity (Wildman–Crippen MR) is 45.1 cm³/mol. The quantitative estimate of drug-likeness (QED) is 0.648.